The third-order valence-electron chi connectivity index (χ3n) is 5.31. The smallest absolute Gasteiger partial charge is 0.330 e. The van der Waals surface area contributed by atoms with Crippen LogP contribution in [0.5, 0.6) is 0 Å². The zero-order valence-electron chi connectivity index (χ0n) is 20.5. The van der Waals surface area contributed by atoms with E-state index in [-0.39, 0.29) is 17.9 Å². The van der Waals surface area contributed by atoms with E-state index in [9.17, 15) is 9.59 Å². The third-order valence-corrected chi connectivity index (χ3v) is 5.31. The van der Waals surface area contributed by atoms with Crippen LogP contribution >= 0.6 is 0 Å². The lowest BCUT2D eigenvalue weighted by Crippen LogP contribution is -2.45. The predicted octanol–water partition coefficient (Wildman–Crippen LogP) is 4.10. The SMILES string of the molecule is CCOC(C)(OCC)C(=O)Nc1cc(C)ccc1NC1CCN(OC(=O)C(C)(C)C)CC1. The van der Waals surface area contributed by atoms with Crippen molar-refractivity contribution in [2.75, 3.05) is 36.9 Å². The van der Waals surface area contributed by atoms with Gasteiger partial charge in [-0.15, -0.1) is 5.06 Å². The number of ether oxygens (including phenoxy) is 2. The molecule has 2 rings (SSSR count). The highest BCUT2D eigenvalue weighted by atomic mass is 16.7. The second-order valence-electron chi connectivity index (χ2n) is 9.29. The number of amides is 1. The number of benzene rings is 1. The van der Waals surface area contributed by atoms with Gasteiger partial charge in [0, 0.05) is 32.3 Å². The van der Waals surface area contributed by atoms with Crippen LogP contribution in [0.25, 0.3) is 0 Å². The van der Waals surface area contributed by atoms with E-state index in [1.807, 2.05) is 59.7 Å². The fraction of sp³-hybridized carbons (Fsp3) is 0.667. The van der Waals surface area contributed by atoms with Crippen molar-refractivity contribution in [2.45, 2.75) is 73.1 Å². The molecule has 32 heavy (non-hydrogen) atoms. The summed E-state index contributed by atoms with van der Waals surface area (Å²) in [6.45, 7) is 14.8. The maximum absolute atomic E-state index is 13.0. The van der Waals surface area contributed by atoms with Crippen molar-refractivity contribution < 1.29 is 23.9 Å². The van der Waals surface area contributed by atoms with Gasteiger partial charge < -0.3 is 24.9 Å². The molecule has 2 N–H and O–H groups in total. The standard InChI is InChI=1S/C24H39N3O5/c1-8-30-24(7,31-9-2)21(28)26-20-16-17(3)10-11-19(20)25-18-12-14-27(15-13-18)32-22(29)23(4,5)6/h10-11,16,18,25H,8-9,12-15H2,1-7H3,(H,26,28). The van der Waals surface area contributed by atoms with Crippen molar-refractivity contribution in [1.29, 1.82) is 0 Å². The molecule has 0 radical (unpaired) electrons. The molecule has 0 saturated carbocycles. The van der Waals surface area contributed by atoms with Crippen molar-refractivity contribution in [3.8, 4) is 0 Å². The lowest BCUT2D eigenvalue weighted by Gasteiger charge is -2.33. The summed E-state index contributed by atoms with van der Waals surface area (Å²) in [5, 5.41) is 8.24. The van der Waals surface area contributed by atoms with Crippen molar-refractivity contribution >= 4 is 23.3 Å². The summed E-state index contributed by atoms with van der Waals surface area (Å²) in [5.74, 6) is -1.93. The summed E-state index contributed by atoms with van der Waals surface area (Å²) in [6.07, 6.45) is 1.63. The van der Waals surface area contributed by atoms with Crippen molar-refractivity contribution in [3.05, 3.63) is 23.8 Å². The van der Waals surface area contributed by atoms with E-state index >= 15 is 0 Å². The Bertz CT molecular complexity index is 776. The second kappa shape index (κ2) is 11.1. The molecule has 1 saturated heterocycles. The Morgan fingerprint density at radius 1 is 1.03 bits per heavy atom. The van der Waals surface area contributed by atoms with Gasteiger partial charge >= 0.3 is 5.97 Å². The molecular formula is C24H39N3O5. The number of hydrogen-bond acceptors (Lipinski definition) is 7. The number of rotatable bonds is 9. The first kappa shape index (κ1) is 26.1. The van der Waals surface area contributed by atoms with Gasteiger partial charge in [0.15, 0.2) is 0 Å². The second-order valence-corrected chi connectivity index (χ2v) is 9.29. The van der Waals surface area contributed by atoms with Gasteiger partial charge in [-0.2, -0.15) is 0 Å². The van der Waals surface area contributed by atoms with Crippen LogP contribution in [0, 0.1) is 12.3 Å². The number of hydroxylamine groups is 2. The average molecular weight is 450 g/mol. The Balaban J connectivity index is 2.03. The molecule has 0 unspecified atom stereocenters. The zero-order valence-corrected chi connectivity index (χ0v) is 20.5. The highest BCUT2D eigenvalue weighted by molar-refractivity contribution is 5.98. The minimum Gasteiger partial charge on any atom is -0.381 e. The number of carbonyl (C=O) groups is 2. The molecule has 1 amide bonds. The predicted molar refractivity (Wildman–Crippen MR) is 125 cm³/mol. The van der Waals surface area contributed by atoms with E-state index in [0.717, 1.165) is 24.1 Å². The molecule has 1 aliphatic rings. The molecule has 0 aromatic heterocycles. The van der Waals surface area contributed by atoms with Gasteiger partial charge in [0.2, 0.25) is 5.79 Å². The summed E-state index contributed by atoms with van der Waals surface area (Å²) in [7, 11) is 0. The van der Waals surface area contributed by atoms with Crippen LogP contribution in [-0.2, 0) is 23.9 Å². The molecule has 1 aliphatic heterocycles. The molecule has 0 atom stereocenters. The summed E-state index contributed by atoms with van der Waals surface area (Å²) in [4.78, 5) is 30.6. The maximum atomic E-state index is 13.0. The fourth-order valence-electron chi connectivity index (χ4n) is 3.41. The third kappa shape index (κ3) is 7.18. The molecule has 1 aromatic carbocycles. The topological polar surface area (TPSA) is 89.1 Å². The normalized spacial score (nSPS) is 16.0. The molecule has 180 valence electrons. The van der Waals surface area contributed by atoms with Gasteiger partial charge in [0.05, 0.1) is 16.8 Å². The number of carbonyl (C=O) groups excluding carboxylic acids is 2. The van der Waals surface area contributed by atoms with Crippen LogP contribution in [-0.4, -0.2) is 55.1 Å². The molecular weight excluding hydrogens is 410 g/mol. The van der Waals surface area contributed by atoms with Gasteiger partial charge in [-0.25, -0.2) is 4.79 Å². The Labute approximate surface area is 191 Å². The number of piperidine rings is 1. The molecule has 1 fully saturated rings. The van der Waals surface area contributed by atoms with Crippen LogP contribution in [0.2, 0.25) is 0 Å². The van der Waals surface area contributed by atoms with Gasteiger partial charge in [0.25, 0.3) is 5.91 Å². The average Bonchev–Trinajstić information content (AvgIpc) is 2.71. The molecule has 0 bridgehead atoms. The van der Waals surface area contributed by atoms with E-state index in [1.54, 1.807) is 12.0 Å². The van der Waals surface area contributed by atoms with E-state index in [1.165, 1.54) is 0 Å². The quantitative estimate of drug-likeness (QED) is 0.549. The minimum atomic E-state index is -1.35. The monoisotopic (exact) mass is 449 g/mol. The van der Waals surface area contributed by atoms with E-state index in [2.05, 4.69) is 10.6 Å². The largest absolute Gasteiger partial charge is 0.381 e. The van der Waals surface area contributed by atoms with Crippen molar-refractivity contribution in [2.24, 2.45) is 5.41 Å². The number of nitrogens with zero attached hydrogens (tertiary/aromatic N) is 1. The lowest BCUT2D eigenvalue weighted by molar-refractivity contribution is -0.214. The summed E-state index contributed by atoms with van der Waals surface area (Å²) in [5.41, 5.74) is 2.03. The van der Waals surface area contributed by atoms with Gasteiger partial charge in [-0.1, -0.05) is 6.07 Å². The van der Waals surface area contributed by atoms with E-state index in [4.69, 9.17) is 14.3 Å². The van der Waals surface area contributed by atoms with Crippen LogP contribution < -0.4 is 10.6 Å². The first-order valence-corrected chi connectivity index (χ1v) is 11.4. The maximum Gasteiger partial charge on any atom is 0.330 e. The Morgan fingerprint density at radius 2 is 1.62 bits per heavy atom. The van der Waals surface area contributed by atoms with Crippen molar-refractivity contribution in [1.82, 2.24) is 5.06 Å². The number of hydrogen-bond donors (Lipinski definition) is 2. The van der Waals surface area contributed by atoms with Gasteiger partial charge in [0.1, 0.15) is 0 Å². The molecule has 1 aromatic rings. The van der Waals surface area contributed by atoms with Crippen LogP contribution in [0.15, 0.2) is 18.2 Å². The fourth-order valence-corrected chi connectivity index (χ4v) is 3.41. The van der Waals surface area contributed by atoms with Crippen LogP contribution in [0.4, 0.5) is 11.4 Å². The molecule has 8 heteroatoms. The summed E-state index contributed by atoms with van der Waals surface area (Å²) >= 11 is 0. The number of anilines is 2. The lowest BCUT2D eigenvalue weighted by atomic mass is 9.98. The van der Waals surface area contributed by atoms with Crippen LogP contribution in [0.1, 0.15) is 59.9 Å². The molecule has 0 aliphatic carbocycles. The molecule has 1 heterocycles. The zero-order chi connectivity index (χ0) is 23.9. The van der Waals surface area contributed by atoms with Gasteiger partial charge in [-0.3, -0.25) is 4.79 Å². The van der Waals surface area contributed by atoms with E-state index in [0.29, 0.717) is 32.0 Å². The molecule has 0 spiro atoms. The Morgan fingerprint density at radius 3 is 2.16 bits per heavy atom. The Hall–Kier alpha value is -2.16. The minimum absolute atomic E-state index is 0.197. The summed E-state index contributed by atoms with van der Waals surface area (Å²) in [6, 6.07) is 6.10. The first-order valence-electron chi connectivity index (χ1n) is 11.4. The summed E-state index contributed by atoms with van der Waals surface area (Å²) < 4.78 is 11.2. The number of aryl methyl sites for hydroxylation is 1. The van der Waals surface area contributed by atoms with Crippen molar-refractivity contribution in [3.63, 3.8) is 0 Å². The molecule has 8 nitrogen and oxygen atoms in total. The highest BCUT2D eigenvalue weighted by Gasteiger charge is 2.35. The van der Waals surface area contributed by atoms with Crippen LogP contribution in [0.3, 0.4) is 0 Å². The van der Waals surface area contributed by atoms with E-state index < -0.39 is 11.2 Å². The number of nitrogens with one attached hydrogen (secondary N) is 2. The van der Waals surface area contributed by atoms with Gasteiger partial charge in [-0.05, 0) is 79.0 Å². The Kier molecular flexibility index (Phi) is 9.07. The highest BCUT2D eigenvalue weighted by Crippen LogP contribution is 2.28. The first-order chi connectivity index (χ1) is 15.0.